The predicted octanol–water partition coefficient (Wildman–Crippen LogP) is 4.10. The van der Waals surface area contributed by atoms with Crippen LogP contribution in [-0.4, -0.2) is 13.0 Å². The molecule has 1 heterocycles. The molecule has 0 fully saturated rings. The third-order valence-electron chi connectivity index (χ3n) is 3.26. The fourth-order valence-electron chi connectivity index (χ4n) is 1.97. The molecular formula is C16H22IN3S. The van der Waals surface area contributed by atoms with Crippen LogP contribution < -0.4 is 10.6 Å². The number of thiophene rings is 1. The van der Waals surface area contributed by atoms with Gasteiger partial charge in [0, 0.05) is 11.9 Å². The van der Waals surface area contributed by atoms with E-state index in [4.69, 9.17) is 0 Å². The van der Waals surface area contributed by atoms with Crippen LogP contribution in [0.5, 0.6) is 0 Å². The molecule has 1 atom stereocenters. The van der Waals surface area contributed by atoms with Gasteiger partial charge in [0.25, 0.3) is 0 Å². The Morgan fingerprint density at radius 3 is 2.52 bits per heavy atom. The van der Waals surface area contributed by atoms with E-state index in [1.54, 1.807) is 18.4 Å². The van der Waals surface area contributed by atoms with Crippen molar-refractivity contribution in [3.63, 3.8) is 0 Å². The Hall–Kier alpha value is -1.08. The summed E-state index contributed by atoms with van der Waals surface area (Å²) >= 11 is 1.77. The van der Waals surface area contributed by atoms with Crippen molar-refractivity contribution in [3.8, 4) is 0 Å². The highest BCUT2D eigenvalue weighted by Gasteiger charge is 2.07. The molecule has 0 saturated carbocycles. The number of rotatable bonds is 4. The molecule has 1 unspecified atom stereocenters. The van der Waals surface area contributed by atoms with Crippen molar-refractivity contribution in [3.05, 3.63) is 57.8 Å². The summed E-state index contributed by atoms with van der Waals surface area (Å²) in [5, 5.41) is 8.89. The third-order valence-corrected chi connectivity index (χ3v) is 4.28. The Kier molecular flexibility index (Phi) is 7.74. The molecule has 0 radical (unpaired) electrons. The molecular weight excluding hydrogens is 393 g/mol. The predicted molar refractivity (Wildman–Crippen MR) is 103 cm³/mol. The molecule has 21 heavy (non-hydrogen) atoms. The fraction of sp³-hybridized carbons (Fsp3) is 0.312. The van der Waals surface area contributed by atoms with Crippen LogP contribution in [0, 0.1) is 6.92 Å². The van der Waals surface area contributed by atoms with E-state index in [1.165, 1.54) is 16.0 Å². The van der Waals surface area contributed by atoms with Crippen molar-refractivity contribution >= 4 is 41.3 Å². The summed E-state index contributed by atoms with van der Waals surface area (Å²) in [6, 6.07) is 12.7. The number of aliphatic imine (C=N–C) groups is 1. The second kappa shape index (κ2) is 9.04. The zero-order chi connectivity index (χ0) is 14.4. The van der Waals surface area contributed by atoms with Crippen LogP contribution in [0.15, 0.2) is 46.8 Å². The van der Waals surface area contributed by atoms with Crippen molar-refractivity contribution < 1.29 is 0 Å². The highest BCUT2D eigenvalue weighted by atomic mass is 127. The van der Waals surface area contributed by atoms with Gasteiger partial charge in [-0.25, -0.2) is 0 Å². The van der Waals surface area contributed by atoms with E-state index in [0.29, 0.717) is 0 Å². The Bertz CT molecular complexity index is 566. The van der Waals surface area contributed by atoms with Gasteiger partial charge in [-0.05, 0) is 36.4 Å². The average molecular weight is 415 g/mol. The summed E-state index contributed by atoms with van der Waals surface area (Å²) in [6.45, 7) is 5.08. The van der Waals surface area contributed by atoms with E-state index in [0.717, 1.165) is 12.5 Å². The lowest BCUT2D eigenvalue weighted by Crippen LogP contribution is -2.38. The summed E-state index contributed by atoms with van der Waals surface area (Å²) < 4.78 is 0. The number of halogens is 1. The van der Waals surface area contributed by atoms with E-state index in [1.807, 2.05) is 6.07 Å². The summed E-state index contributed by atoms with van der Waals surface area (Å²) in [6.07, 6.45) is 0. The van der Waals surface area contributed by atoms with Crippen molar-refractivity contribution in [2.45, 2.75) is 26.4 Å². The Balaban J connectivity index is 0.00000220. The smallest absolute Gasteiger partial charge is 0.191 e. The number of hydrogen-bond acceptors (Lipinski definition) is 2. The van der Waals surface area contributed by atoms with Crippen molar-refractivity contribution in [2.75, 3.05) is 7.05 Å². The number of guanidine groups is 1. The molecule has 0 bridgehead atoms. The summed E-state index contributed by atoms with van der Waals surface area (Å²) in [5.74, 6) is 0.828. The highest BCUT2D eigenvalue weighted by Crippen LogP contribution is 2.15. The summed E-state index contributed by atoms with van der Waals surface area (Å²) in [5.41, 5.74) is 2.58. The lowest BCUT2D eigenvalue weighted by Gasteiger charge is -2.18. The summed E-state index contributed by atoms with van der Waals surface area (Å²) in [7, 11) is 1.80. The maximum atomic E-state index is 4.28. The molecule has 3 nitrogen and oxygen atoms in total. The number of nitrogens with zero attached hydrogens (tertiary/aromatic N) is 1. The Morgan fingerprint density at radius 1 is 1.24 bits per heavy atom. The van der Waals surface area contributed by atoms with Gasteiger partial charge in [-0.3, -0.25) is 4.99 Å². The number of nitrogens with one attached hydrogen (secondary N) is 2. The molecule has 2 N–H and O–H groups in total. The first-order chi connectivity index (χ1) is 9.70. The van der Waals surface area contributed by atoms with Gasteiger partial charge in [0.1, 0.15) is 0 Å². The Labute approximate surface area is 147 Å². The van der Waals surface area contributed by atoms with Gasteiger partial charge in [0.15, 0.2) is 5.96 Å². The van der Waals surface area contributed by atoms with Gasteiger partial charge >= 0.3 is 0 Å². The van der Waals surface area contributed by atoms with Crippen LogP contribution in [0.1, 0.15) is 29.0 Å². The van der Waals surface area contributed by atoms with Crippen molar-refractivity contribution in [1.82, 2.24) is 10.6 Å². The maximum absolute atomic E-state index is 4.28. The largest absolute Gasteiger partial charge is 0.351 e. The maximum Gasteiger partial charge on any atom is 0.191 e. The molecule has 0 saturated heterocycles. The molecule has 2 rings (SSSR count). The minimum absolute atomic E-state index is 0. The molecule has 0 aliphatic carbocycles. The second-order valence-corrected chi connectivity index (χ2v) is 5.73. The van der Waals surface area contributed by atoms with Crippen LogP contribution in [0.4, 0.5) is 0 Å². The Morgan fingerprint density at radius 2 is 1.95 bits per heavy atom. The second-order valence-electron chi connectivity index (χ2n) is 4.73. The third kappa shape index (κ3) is 5.32. The molecule has 0 amide bonds. The fourth-order valence-corrected chi connectivity index (χ4v) is 2.82. The van der Waals surface area contributed by atoms with E-state index < -0.39 is 0 Å². The quantitative estimate of drug-likeness (QED) is 0.448. The highest BCUT2D eigenvalue weighted by molar-refractivity contribution is 14.0. The van der Waals surface area contributed by atoms with Gasteiger partial charge in [-0.15, -0.1) is 35.3 Å². The van der Waals surface area contributed by atoms with E-state index in [-0.39, 0.29) is 30.0 Å². The average Bonchev–Trinajstić information content (AvgIpc) is 2.89. The van der Waals surface area contributed by atoms with Gasteiger partial charge in [0.2, 0.25) is 0 Å². The minimum Gasteiger partial charge on any atom is -0.351 e. The van der Waals surface area contributed by atoms with Crippen LogP contribution in [0.2, 0.25) is 0 Å². The molecule has 1 aromatic carbocycles. The van der Waals surface area contributed by atoms with Crippen LogP contribution in [0.3, 0.4) is 0 Å². The molecule has 0 aliphatic heterocycles. The number of aryl methyl sites for hydroxylation is 1. The SMILES string of the molecule is CN=C(NCc1sccc1C)NC(C)c1ccccc1.I. The van der Waals surface area contributed by atoms with E-state index >= 15 is 0 Å². The molecule has 114 valence electrons. The van der Waals surface area contributed by atoms with Crippen LogP contribution in [0.25, 0.3) is 0 Å². The van der Waals surface area contributed by atoms with Crippen molar-refractivity contribution in [2.24, 2.45) is 4.99 Å². The van der Waals surface area contributed by atoms with Crippen LogP contribution in [-0.2, 0) is 6.54 Å². The topological polar surface area (TPSA) is 36.4 Å². The zero-order valence-corrected chi connectivity index (χ0v) is 15.7. The van der Waals surface area contributed by atoms with Crippen LogP contribution >= 0.6 is 35.3 Å². The van der Waals surface area contributed by atoms with Gasteiger partial charge < -0.3 is 10.6 Å². The van der Waals surface area contributed by atoms with E-state index in [2.05, 4.69) is 65.2 Å². The standard InChI is InChI=1S/C16H21N3S.HI/c1-12-9-10-20-15(12)11-18-16(17-3)19-13(2)14-7-5-4-6-8-14;/h4-10,13H,11H2,1-3H3,(H2,17,18,19);1H. The number of benzene rings is 1. The molecule has 5 heteroatoms. The molecule has 0 spiro atoms. The van der Waals surface area contributed by atoms with Crippen molar-refractivity contribution in [1.29, 1.82) is 0 Å². The first kappa shape index (κ1) is 18.0. The number of hydrogen-bond donors (Lipinski definition) is 2. The minimum atomic E-state index is 0. The molecule has 0 aliphatic rings. The first-order valence-corrected chi connectivity index (χ1v) is 7.63. The monoisotopic (exact) mass is 415 g/mol. The summed E-state index contributed by atoms with van der Waals surface area (Å²) in [4.78, 5) is 5.63. The lowest BCUT2D eigenvalue weighted by molar-refractivity contribution is 0.686. The van der Waals surface area contributed by atoms with Gasteiger partial charge in [-0.2, -0.15) is 0 Å². The zero-order valence-electron chi connectivity index (χ0n) is 12.6. The lowest BCUT2D eigenvalue weighted by atomic mass is 10.1. The normalized spacial score (nSPS) is 12.4. The molecule has 2 aromatic rings. The van der Waals surface area contributed by atoms with E-state index in [9.17, 15) is 0 Å². The van der Waals surface area contributed by atoms with Gasteiger partial charge in [0.05, 0.1) is 12.6 Å². The molecule has 1 aromatic heterocycles. The first-order valence-electron chi connectivity index (χ1n) is 6.76. The van der Waals surface area contributed by atoms with Gasteiger partial charge in [-0.1, -0.05) is 30.3 Å².